The number of rotatable bonds is 6. The third kappa shape index (κ3) is 4.17. The molecule has 2 aliphatic rings. The molecule has 0 aromatic heterocycles. The molecule has 0 aromatic rings. The first-order chi connectivity index (χ1) is 9.69. The maximum atomic E-state index is 5.82. The molecule has 0 aliphatic carbocycles. The van der Waals surface area contributed by atoms with Crippen molar-refractivity contribution in [3.05, 3.63) is 0 Å². The van der Waals surface area contributed by atoms with Crippen LogP contribution in [0.1, 0.15) is 33.6 Å². The van der Waals surface area contributed by atoms with Crippen LogP contribution in [-0.2, 0) is 4.74 Å². The first-order valence-electron chi connectivity index (χ1n) is 8.44. The maximum Gasteiger partial charge on any atom is 0.0546 e. The molecule has 2 atom stereocenters. The summed E-state index contributed by atoms with van der Waals surface area (Å²) in [6.07, 6.45) is 2.53. The molecule has 0 radical (unpaired) electrons. The van der Waals surface area contributed by atoms with E-state index in [-0.39, 0.29) is 0 Å². The van der Waals surface area contributed by atoms with Crippen molar-refractivity contribution in [1.29, 1.82) is 0 Å². The second-order valence-electron chi connectivity index (χ2n) is 6.65. The standard InChI is InChI=1S/C16H33N3O/c1-4-17-12-16(7-6-10-20-14-16)13-18-8-9-19(5-2)15(3)11-18/h15,17H,4-14H2,1-3H3. The molecule has 2 unspecified atom stereocenters. The van der Waals surface area contributed by atoms with E-state index in [0.29, 0.717) is 11.5 Å². The zero-order valence-corrected chi connectivity index (χ0v) is 13.7. The Labute approximate surface area is 124 Å². The summed E-state index contributed by atoms with van der Waals surface area (Å²) in [6.45, 7) is 16.9. The normalized spacial score (nSPS) is 33.5. The molecule has 0 amide bonds. The Kier molecular flexibility index (Phi) is 6.27. The van der Waals surface area contributed by atoms with Gasteiger partial charge >= 0.3 is 0 Å². The number of piperazine rings is 1. The monoisotopic (exact) mass is 283 g/mol. The Balaban J connectivity index is 1.90. The van der Waals surface area contributed by atoms with Gasteiger partial charge < -0.3 is 10.1 Å². The van der Waals surface area contributed by atoms with Crippen LogP contribution in [0.2, 0.25) is 0 Å². The van der Waals surface area contributed by atoms with Gasteiger partial charge in [-0.05, 0) is 32.9 Å². The number of ether oxygens (including phenoxy) is 1. The van der Waals surface area contributed by atoms with E-state index < -0.39 is 0 Å². The highest BCUT2D eigenvalue weighted by Gasteiger charge is 2.36. The quantitative estimate of drug-likeness (QED) is 0.798. The average Bonchev–Trinajstić information content (AvgIpc) is 2.46. The first kappa shape index (κ1) is 16.2. The van der Waals surface area contributed by atoms with Crippen LogP contribution in [0.3, 0.4) is 0 Å². The van der Waals surface area contributed by atoms with Crippen LogP contribution in [0.4, 0.5) is 0 Å². The van der Waals surface area contributed by atoms with Gasteiger partial charge in [0.2, 0.25) is 0 Å². The minimum Gasteiger partial charge on any atom is -0.381 e. The van der Waals surface area contributed by atoms with Gasteiger partial charge in [0, 0.05) is 50.8 Å². The molecule has 2 rings (SSSR count). The van der Waals surface area contributed by atoms with E-state index >= 15 is 0 Å². The molecule has 2 aliphatic heterocycles. The molecule has 2 saturated heterocycles. The van der Waals surface area contributed by atoms with Crippen LogP contribution >= 0.6 is 0 Å². The minimum absolute atomic E-state index is 0.336. The van der Waals surface area contributed by atoms with E-state index in [0.717, 1.165) is 26.3 Å². The lowest BCUT2D eigenvalue weighted by Gasteiger charge is -2.45. The fraction of sp³-hybridized carbons (Fsp3) is 1.00. The Morgan fingerprint density at radius 2 is 2.15 bits per heavy atom. The highest BCUT2D eigenvalue weighted by molar-refractivity contribution is 4.90. The molecular formula is C16H33N3O. The zero-order chi connectivity index (χ0) is 14.4. The maximum absolute atomic E-state index is 5.82. The molecule has 4 nitrogen and oxygen atoms in total. The summed E-state index contributed by atoms with van der Waals surface area (Å²) in [7, 11) is 0. The Hall–Kier alpha value is -0.160. The van der Waals surface area contributed by atoms with E-state index in [1.165, 1.54) is 45.6 Å². The first-order valence-corrected chi connectivity index (χ1v) is 8.44. The van der Waals surface area contributed by atoms with E-state index in [4.69, 9.17) is 4.74 Å². The third-order valence-electron chi connectivity index (χ3n) is 4.97. The van der Waals surface area contributed by atoms with Crippen LogP contribution in [0.25, 0.3) is 0 Å². The third-order valence-corrected chi connectivity index (χ3v) is 4.97. The van der Waals surface area contributed by atoms with Gasteiger partial charge in [0.1, 0.15) is 0 Å². The predicted octanol–water partition coefficient (Wildman–Crippen LogP) is 1.42. The van der Waals surface area contributed by atoms with Gasteiger partial charge in [-0.25, -0.2) is 0 Å². The van der Waals surface area contributed by atoms with E-state index in [1.54, 1.807) is 0 Å². The van der Waals surface area contributed by atoms with Crippen LogP contribution in [0.5, 0.6) is 0 Å². The molecule has 0 bridgehead atoms. The number of nitrogens with zero attached hydrogens (tertiary/aromatic N) is 2. The van der Waals surface area contributed by atoms with Crippen LogP contribution in [-0.4, -0.2) is 74.9 Å². The molecule has 2 fully saturated rings. The smallest absolute Gasteiger partial charge is 0.0546 e. The average molecular weight is 283 g/mol. The Morgan fingerprint density at radius 1 is 1.30 bits per heavy atom. The van der Waals surface area contributed by atoms with Crippen LogP contribution in [0.15, 0.2) is 0 Å². The number of likely N-dealkylation sites (N-methyl/N-ethyl adjacent to an activating group) is 1. The molecule has 0 spiro atoms. The van der Waals surface area contributed by atoms with Crippen molar-refractivity contribution in [3.8, 4) is 0 Å². The fourth-order valence-corrected chi connectivity index (χ4v) is 3.78. The molecule has 1 N–H and O–H groups in total. The SMILES string of the molecule is CCNCC1(CN2CCN(CC)C(C)C2)CCCOC1. The zero-order valence-electron chi connectivity index (χ0n) is 13.7. The van der Waals surface area contributed by atoms with Crippen molar-refractivity contribution < 1.29 is 4.74 Å². The van der Waals surface area contributed by atoms with Gasteiger partial charge in [0.05, 0.1) is 6.61 Å². The molecule has 4 heteroatoms. The second-order valence-corrected chi connectivity index (χ2v) is 6.65. The van der Waals surface area contributed by atoms with Gasteiger partial charge in [-0.3, -0.25) is 9.80 Å². The van der Waals surface area contributed by atoms with Crippen molar-refractivity contribution >= 4 is 0 Å². The van der Waals surface area contributed by atoms with Gasteiger partial charge in [0.15, 0.2) is 0 Å². The van der Waals surface area contributed by atoms with Crippen molar-refractivity contribution in [1.82, 2.24) is 15.1 Å². The lowest BCUT2D eigenvalue weighted by molar-refractivity contribution is -0.0374. The molecule has 2 heterocycles. The Bertz CT molecular complexity index is 279. The van der Waals surface area contributed by atoms with Crippen molar-refractivity contribution in [2.45, 2.75) is 39.7 Å². The minimum atomic E-state index is 0.336. The number of hydrogen-bond donors (Lipinski definition) is 1. The van der Waals surface area contributed by atoms with E-state index in [9.17, 15) is 0 Å². The Morgan fingerprint density at radius 3 is 2.75 bits per heavy atom. The largest absolute Gasteiger partial charge is 0.381 e. The predicted molar refractivity (Wildman–Crippen MR) is 84.2 cm³/mol. The second kappa shape index (κ2) is 7.74. The topological polar surface area (TPSA) is 27.7 Å². The molecule has 0 aromatic carbocycles. The van der Waals surface area contributed by atoms with Gasteiger partial charge in [-0.1, -0.05) is 13.8 Å². The van der Waals surface area contributed by atoms with E-state index in [1.807, 2.05) is 0 Å². The van der Waals surface area contributed by atoms with Gasteiger partial charge in [-0.2, -0.15) is 0 Å². The number of hydrogen-bond acceptors (Lipinski definition) is 4. The van der Waals surface area contributed by atoms with Crippen LogP contribution < -0.4 is 5.32 Å². The molecular weight excluding hydrogens is 250 g/mol. The van der Waals surface area contributed by atoms with Gasteiger partial charge in [-0.15, -0.1) is 0 Å². The molecule has 20 heavy (non-hydrogen) atoms. The van der Waals surface area contributed by atoms with Crippen LogP contribution in [0, 0.1) is 5.41 Å². The highest BCUT2D eigenvalue weighted by Crippen LogP contribution is 2.30. The summed E-state index contributed by atoms with van der Waals surface area (Å²) in [4.78, 5) is 5.26. The lowest BCUT2D eigenvalue weighted by Crippen LogP contribution is -2.56. The summed E-state index contributed by atoms with van der Waals surface area (Å²) in [5.41, 5.74) is 0.336. The summed E-state index contributed by atoms with van der Waals surface area (Å²) in [5.74, 6) is 0. The van der Waals surface area contributed by atoms with Gasteiger partial charge in [0.25, 0.3) is 0 Å². The highest BCUT2D eigenvalue weighted by atomic mass is 16.5. The van der Waals surface area contributed by atoms with Crippen molar-refractivity contribution in [2.24, 2.45) is 5.41 Å². The fourth-order valence-electron chi connectivity index (χ4n) is 3.78. The molecule has 0 saturated carbocycles. The lowest BCUT2D eigenvalue weighted by atomic mass is 9.81. The van der Waals surface area contributed by atoms with Crippen molar-refractivity contribution in [2.75, 3.05) is 59.0 Å². The van der Waals surface area contributed by atoms with Crippen molar-refractivity contribution in [3.63, 3.8) is 0 Å². The van der Waals surface area contributed by atoms with E-state index in [2.05, 4.69) is 35.9 Å². The number of nitrogens with one attached hydrogen (secondary N) is 1. The summed E-state index contributed by atoms with van der Waals surface area (Å²) < 4.78 is 5.82. The molecule has 118 valence electrons. The summed E-state index contributed by atoms with van der Waals surface area (Å²) >= 11 is 0. The summed E-state index contributed by atoms with van der Waals surface area (Å²) in [5, 5.41) is 3.56. The summed E-state index contributed by atoms with van der Waals surface area (Å²) in [6, 6.07) is 0.689.